The highest BCUT2D eigenvalue weighted by molar-refractivity contribution is 7.80. The van der Waals surface area contributed by atoms with Crippen LogP contribution in [0.3, 0.4) is 0 Å². The van der Waals surface area contributed by atoms with Crippen LogP contribution >= 0.6 is 12.2 Å². The summed E-state index contributed by atoms with van der Waals surface area (Å²) in [6.07, 6.45) is 0.288. The third kappa shape index (κ3) is 4.03. The van der Waals surface area contributed by atoms with Crippen LogP contribution in [0.5, 0.6) is 0 Å². The van der Waals surface area contributed by atoms with Gasteiger partial charge in [0.05, 0.1) is 6.42 Å². The van der Waals surface area contributed by atoms with Crippen molar-refractivity contribution in [3.8, 4) is 0 Å². The number of carbonyl (C=O) groups is 1. The van der Waals surface area contributed by atoms with Crippen LogP contribution in [0, 0.1) is 13.8 Å². The number of fused-ring (bicyclic) bond motifs is 1. The molecule has 3 aromatic rings. The molecule has 0 bridgehead atoms. The minimum absolute atomic E-state index is 0.126. The Balaban J connectivity index is 1.68. The summed E-state index contributed by atoms with van der Waals surface area (Å²) in [7, 11) is 0. The van der Waals surface area contributed by atoms with Gasteiger partial charge in [-0.3, -0.25) is 4.79 Å². The van der Waals surface area contributed by atoms with Gasteiger partial charge in [0.1, 0.15) is 0 Å². The van der Waals surface area contributed by atoms with E-state index in [1.165, 1.54) is 5.56 Å². The molecule has 0 aliphatic rings. The molecular formula is C21H20N2OS. The van der Waals surface area contributed by atoms with E-state index in [9.17, 15) is 4.79 Å². The molecule has 25 heavy (non-hydrogen) atoms. The molecule has 0 fully saturated rings. The van der Waals surface area contributed by atoms with Crippen molar-refractivity contribution in [3.05, 3.63) is 77.4 Å². The van der Waals surface area contributed by atoms with Gasteiger partial charge in [-0.25, -0.2) is 0 Å². The molecule has 0 unspecified atom stereocenters. The van der Waals surface area contributed by atoms with Crippen LogP contribution in [0.25, 0.3) is 10.8 Å². The zero-order valence-corrected chi connectivity index (χ0v) is 15.1. The normalized spacial score (nSPS) is 10.5. The monoisotopic (exact) mass is 348 g/mol. The Bertz CT molecular complexity index is 944. The van der Waals surface area contributed by atoms with Gasteiger partial charge in [0.2, 0.25) is 5.91 Å². The Morgan fingerprint density at radius 2 is 1.68 bits per heavy atom. The summed E-state index contributed by atoms with van der Waals surface area (Å²) >= 11 is 5.28. The van der Waals surface area contributed by atoms with Gasteiger partial charge in [0.25, 0.3) is 0 Å². The van der Waals surface area contributed by atoms with E-state index < -0.39 is 0 Å². The molecule has 3 rings (SSSR count). The first kappa shape index (κ1) is 17.1. The van der Waals surface area contributed by atoms with Crippen LogP contribution in [0.15, 0.2) is 60.7 Å². The second kappa shape index (κ2) is 7.45. The van der Waals surface area contributed by atoms with Crippen molar-refractivity contribution in [1.82, 2.24) is 5.32 Å². The molecule has 0 aromatic heterocycles. The lowest BCUT2D eigenvalue weighted by Gasteiger charge is -2.13. The van der Waals surface area contributed by atoms with E-state index in [0.717, 1.165) is 27.6 Å². The first-order chi connectivity index (χ1) is 12.0. The largest absolute Gasteiger partial charge is 0.332 e. The summed E-state index contributed by atoms with van der Waals surface area (Å²) in [5, 5.41) is 8.41. The highest BCUT2D eigenvalue weighted by Gasteiger charge is 2.10. The number of hydrogen-bond acceptors (Lipinski definition) is 2. The Morgan fingerprint density at radius 3 is 2.52 bits per heavy atom. The maximum absolute atomic E-state index is 12.4. The molecule has 0 saturated heterocycles. The third-order valence-corrected chi connectivity index (χ3v) is 4.54. The van der Waals surface area contributed by atoms with E-state index in [1.54, 1.807) is 0 Å². The standard InChI is InChI=1S/C21H20N2OS/c1-14-7-5-12-19(15(14)2)22-21(25)23-20(24)13-17-10-6-9-16-8-3-4-11-18(16)17/h3-12H,13H2,1-2H3,(H2,22,23,24,25). The number of thiocarbonyl (C=S) groups is 1. The average molecular weight is 348 g/mol. The van der Waals surface area contributed by atoms with Gasteiger partial charge in [0, 0.05) is 5.69 Å². The number of rotatable bonds is 3. The fourth-order valence-electron chi connectivity index (χ4n) is 2.83. The van der Waals surface area contributed by atoms with Gasteiger partial charge < -0.3 is 10.6 Å². The molecule has 0 heterocycles. The van der Waals surface area contributed by atoms with Crippen LogP contribution < -0.4 is 10.6 Å². The maximum Gasteiger partial charge on any atom is 0.230 e. The number of benzene rings is 3. The first-order valence-electron chi connectivity index (χ1n) is 8.18. The number of nitrogens with one attached hydrogen (secondary N) is 2. The number of amides is 1. The van der Waals surface area contributed by atoms with Crippen molar-refractivity contribution in [2.45, 2.75) is 20.3 Å². The third-order valence-electron chi connectivity index (χ3n) is 4.34. The minimum atomic E-state index is -0.126. The Morgan fingerprint density at radius 1 is 0.960 bits per heavy atom. The van der Waals surface area contributed by atoms with Crippen LogP contribution in [-0.2, 0) is 11.2 Å². The highest BCUT2D eigenvalue weighted by Crippen LogP contribution is 2.19. The van der Waals surface area contributed by atoms with Crippen molar-refractivity contribution in [2.24, 2.45) is 0 Å². The van der Waals surface area contributed by atoms with Crippen LogP contribution in [0.1, 0.15) is 16.7 Å². The predicted molar refractivity (Wildman–Crippen MR) is 108 cm³/mol. The van der Waals surface area contributed by atoms with Crippen molar-refractivity contribution in [1.29, 1.82) is 0 Å². The van der Waals surface area contributed by atoms with Crippen LogP contribution in [-0.4, -0.2) is 11.0 Å². The molecule has 0 atom stereocenters. The smallest absolute Gasteiger partial charge is 0.230 e. The lowest BCUT2D eigenvalue weighted by molar-refractivity contribution is -0.119. The Kier molecular flexibility index (Phi) is 5.10. The lowest BCUT2D eigenvalue weighted by Crippen LogP contribution is -2.35. The van der Waals surface area contributed by atoms with Crippen LogP contribution in [0.2, 0.25) is 0 Å². The summed E-state index contributed by atoms with van der Waals surface area (Å²) in [6.45, 7) is 4.07. The second-order valence-electron chi connectivity index (χ2n) is 6.06. The van der Waals surface area contributed by atoms with E-state index >= 15 is 0 Å². The maximum atomic E-state index is 12.4. The number of aryl methyl sites for hydroxylation is 1. The molecule has 3 aromatic carbocycles. The molecule has 126 valence electrons. The zero-order valence-electron chi connectivity index (χ0n) is 14.3. The van der Waals surface area contributed by atoms with Gasteiger partial charge in [0.15, 0.2) is 5.11 Å². The zero-order chi connectivity index (χ0) is 17.8. The summed E-state index contributed by atoms with van der Waals surface area (Å²) in [5.74, 6) is -0.126. The van der Waals surface area contributed by atoms with E-state index in [4.69, 9.17) is 12.2 Å². The topological polar surface area (TPSA) is 41.1 Å². The molecule has 0 spiro atoms. The molecular weight excluding hydrogens is 328 g/mol. The molecule has 3 nitrogen and oxygen atoms in total. The van der Waals surface area contributed by atoms with Gasteiger partial charge in [-0.2, -0.15) is 0 Å². The molecule has 1 amide bonds. The number of hydrogen-bond donors (Lipinski definition) is 2. The first-order valence-corrected chi connectivity index (χ1v) is 8.59. The van der Waals surface area contributed by atoms with Crippen molar-refractivity contribution in [3.63, 3.8) is 0 Å². The van der Waals surface area contributed by atoms with Crippen molar-refractivity contribution >= 4 is 39.7 Å². The summed E-state index contributed by atoms with van der Waals surface area (Å²) in [4.78, 5) is 12.4. The fraction of sp³-hybridized carbons (Fsp3) is 0.143. The SMILES string of the molecule is Cc1cccc(NC(=S)NC(=O)Cc2cccc3ccccc23)c1C. The average Bonchev–Trinajstić information content (AvgIpc) is 2.59. The van der Waals surface area contributed by atoms with Crippen molar-refractivity contribution < 1.29 is 4.79 Å². The number of carbonyl (C=O) groups excluding carboxylic acids is 1. The van der Waals surface area contributed by atoms with E-state index in [-0.39, 0.29) is 12.3 Å². The summed E-state index contributed by atoms with van der Waals surface area (Å²) in [6, 6.07) is 20.0. The second-order valence-corrected chi connectivity index (χ2v) is 6.47. The minimum Gasteiger partial charge on any atom is -0.332 e. The lowest BCUT2D eigenvalue weighted by atomic mass is 10.0. The quantitative estimate of drug-likeness (QED) is 0.684. The van der Waals surface area contributed by atoms with E-state index in [1.807, 2.05) is 74.5 Å². The molecule has 0 saturated carbocycles. The van der Waals surface area contributed by atoms with Gasteiger partial charge in [-0.05, 0) is 59.6 Å². The molecule has 2 N–H and O–H groups in total. The summed E-state index contributed by atoms with van der Waals surface area (Å²) < 4.78 is 0. The van der Waals surface area contributed by atoms with E-state index in [2.05, 4.69) is 10.6 Å². The highest BCUT2D eigenvalue weighted by atomic mass is 32.1. The predicted octanol–water partition coefficient (Wildman–Crippen LogP) is 4.51. The molecule has 0 radical (unpaired) electrons. The molecule has 4 heteroatoms. The van der Waals surface area contributed by atoms with E-state index in [0.29, 0.717) is 5.11 Å². The summed E-state index contributed by atoms with van der Waals surface area (Å²) in [5.41, 5.74) is 4.20. The van der Waals surface area contributed by atoms with Gasteiger partial charge in [-0.1, -0.05) is 54.6 Å². The Labute approximate surface area is 153 Å². The Hall–Kier alpha value is -2.72. The van der Waals surface area contributed by atoms with Crippen molar-refractivity contribution in [2.75, 3.05) is 5.32 Å². The van der Waals surface area contributed by atoms with Gasteiger partial charge >= 0.3 is 0 Å². The van der Waals surface area contributed by atoms with Gasteiger partial charge in [-0.15, -0.1) is 0 Å². The molecule has 0 aliphatic carbocycles. The molecule has 0 aliphatic heterocycles. The number of anilines is 1. The van der Waals surface area contributed by atoms with Crippen LogP contribution in [0.4, 0.5) is 5.69 Å². The fourth-order valence-corrected chi connectivity index (χ4v) is 3.05.